The van der Waals surface area contributed by atoms with Gasteiger partial charge < -0.3 is 9.47 Å². The van der Waals surface area contributed by atoms with Crippen LogP contribution in [0.15, 0.2) is 59.7 Å². The van der Waals surface area contributed by atoms with Gasteiger partial charge in [0.25, 0.3) is 5.91 Å². The number of amides is 1. The third-order valence-electron chi connectivity index (χ3n) is 4.30. The van der Waals surface area contributed by atoms with E-state index in [0.29, 0.717) is 44.3 Å². The lowest BCUT2D eigenvalue weighted by Gasteiger charge is -2.11. The number of aryl methyl sites for hydroxylation is 1. The Morgan fingerprint density at radius 1 is 1.03 bits per heavy atom. The minimum atomic E-state index is -0.395. The molecule has 0 bridgehead atoms. The van der Waals surface area contributed by atoms with Crippen LogP contribution < -0.4 is 14.9 Å². The summed E-state index contributed by atoms with van der Waals surface area (Å²) in [5.74, 6) is 0.443. The average molecular weight is 478 g/mol. The van der Waals surface area contributed by atoms with Crippen molar-refractivity contribution >= 4 is 46.9 Å². The number of benzene rings is 3. The zero-order chi connectivity index (χ0) is 22.4. The van der Waals surface area contributed by atoms with Crippen molar-refractivity contribution < 1.29 is 14.3 Å². The SMILES string of the molecule is COc1cc(C)ccc1C(=O)N/N=C\c1cc(Cl)c(OCc2ccc(Cl)cc2)c(Cl)c1. The molecule has 0 radical (unpaired) electrons. The third kappa shape index (κ3) is 6.14. The van der Waals surface area contributed by atoms with Gasteiger partial charge in [-0.15, -0.1) is 0 Å². The Bertz CT molecular complexity index is 1090. The van der Waals surface area contributed by atoms with Crippen LogP contribution in [0.5, 0.6) is 11.5 Å². The van der Waals surface area contributed by atoms with E-state index in [2.05, 4.69) is 10.5 Å². The van der Waals surface area contributed by atoms with Gasteiger partial charge in [0, 0.05) is 5.02 Å². The Kier molecular flexibility index (Phi) is 7.80. The summed E-state index contributed by atoms with van der Waals surface area (Å²) < 4.78 is 11.0. The van der Waals surface area contributed by atoms with Crippen LogP contribution in [-0.2, 0) is 6.61 Å². The van der Waals surface area contributed by atoms with Gasteiger partial charge in [-0.05, 0) is 60.0 Å². The van der Waals surface area contributed by atoms with E-state index in [1.807, 2.05) is 25.1 Å². The van der Waals surface area contributed by atoms with Crippen LogP contribution in [0.3, 0.4) is 0 Å². The molecule has 31 heavy (non-hydrogen) atoms. The molecule has 1 amide bonds. The third-order valence-corrected chi connectivity index (χ3v) is 5.11. The fourth-order valence-electron chi connectivity index (χ4n) is 2.74. The molecule has 0 fully saturated rings. The number of nitrogens with zero attached hydrogens (tertiary/aromatic N) is 1. The van der Waals surface area contributed by atoms with E-state index in [9.17, 15) is 4.79 Å². The van der Waals surface area contributed by atoms with Gasteiger partial charge in [-0.25, -0.2) is 5.43 Å². The van der Waals surface area contributed by atoms with Gasteiger partial charge in [0.05, 0.1) is 28.9 Å². The molecule has 0 aliphatic rings. The minimum absolute atomic E-state index is 0.290. The lowest BCUT2D eigenvalue weighted by Crippen LogP contribution is -2.18. The molecule has 0 aliphatic carbocycles. The highest BCUT2D eigenvalue weighted by molar-refractivity contribution is 6.37. The molecule has 0 aromatic heterocycles. The molecule has 8 heteroatoms. The highest BCUT2D eigenvalue weighted by Crippen LogP contribution is 2.34. The van der Waals surface area contributed by atoms with Gasteiger partial charge in [-0.1, -0.05) is 53.0 Å². The monoisotopic (exact) mass is 476 g/mol. The standard InChI is InChI=1S/C23H19Cl3N2O3/c1-14-3-8-18(21(9-14)30-2)23(29)28-27-12-16-10-19(25)22(20(26)11-16)31-13-15-4-6-17(24)7-5-15/h3-12H,13H2,1-2H3,(H,28,29)/b27-12-. The fraction of sp³-hybridized carbons (Fsp3) is 0.130. The Labute approximate surface area is 195 Å². The van der Waals surface area contributed by atoms with Gasteiger partial charge in [0.2, 0.25) is 0 Å². The van der Waals surface area contributed by atoms with Crippen molar-refractivity contribution in [2.45, 2.75) is 13.5 Å². The minimum Gasteiger partial charge on any atom is -0.496 e. The van der Waals surface area contributed by atoms with Crippen molar-refractivity contribution in [1.82, 2.24) is 5.43 Å². The Morgan fingerprint density at radius 2 is 1.71 bits per heavy atom. The summed E-state index contributed by atoms with van der Waals surface area (Å²) in [5, 5.41) is 5.28. The first kappa shape index (κ1) is 22.9. The molecule has 3 rings (SSSR count). The molecule has 0 aliphatic heterocycles. The Hall–Kier alpha value is -2.73. The largest absolute Gasteiger partial charge is 0.496 e. The van der Waals surface area contributed by atoms with Crippen molar-refractivity contribution in [2.75, 3.05) is 7.11 Å². The number of halogens is 3. The second-order valence-electron chi connectivity index (χ2n) is 6.63. The van der Waals surface area contributed by atoms with E-state index >= 15 is 0 Å². The molecule has 3 aromatic rings. The number of carbonyl (C=O) groups is 1. The van der Waals surface area contributed by atoms with E-state index < -0.39 is 5.91 Å². The summed E-state index contributed by atoms with van der Waals surface area (Å²) in [4.78, 5) is 12.4. The first-order valence-electron chi connectivity index (χ1n) is 9.21. The van der Waals surface area contributed by atoms with Crippen molar-refractivity contribution in [3.05, 3.63) is 91.9 Å². The molecular weight excluding hydrogens is 459 g/mol. The van der Waals surface area contributed by atoms with E-state index in [-0.39, 0.29) is 0 Å². The predicted octanol–water partition coefficient (Wildman–Crippen LogP) is 6.31. The predicted molar refractivity (Wildman–Crippen MR) is 125 cm³/mol. The smallest absolute Gasteiger partial charge is 0.275 e. The molecular formula is C23H19Cl3N2O3. The van der Waals surface area contributed by atoms with Crippen LogP contribution in [-0.4, -0.2) is 19.2 Å². The number of carbonyl (C=O) groups excluding carboxylic acids is 1. The lowest BCUT2D eigenvalue weighted by atomic mass is 10.1. The molecule has 1 N–H and O–H groups in total. The fourth-order valence-corrected chi connectivity index (χ4v) is 3.48. The summed E-state index contributed by atoms with van der Waals surface area (Å²) >= 11 is 18.5. The highest BCUT2D eigenvalue weighted by atomic mass is 35.5. The van der Waals surface area contributed by atoms with Crippen molar-refractivity contribution in [1.29, 1.82) is 0 Å². The van der Waals surface area contributed by atoms with Crippen molar-refractivity contribution in [3.63, 3.8) is 0 Å². The van der Waals surface area contributed by atoms with Crippen LogP contribution >= 0.6 is 34.8 Å². The molecule has 160 valence electrons. The van der Waals surface area contributed by atoms with Gasteiger partial charge in [0.1, 0.15) is 12.4 Å². The van der Waals surface area contributed by atoms with Crippen molar-refractivity contribution in [3.8, 4) is 11.5 Å². The molecule has 0 heterocycles. The van der Waals surface area contributed by atoms with Gasteiger partial charge in [-0.3, -0.25) is 4.79 Å². The summed E-state index contributed by atoms with van der Waals surface area (Å²) in [5.41, 5.74) is 5.37. The highest BCUT2D eigenvalue weighted by Gasteiger charge is 2.12. The normalized spacial score (nSPS) is 10.9. The number of nitrogens with one attached hydrogen (secondary N) is 1. The Morgan fingerprint density at radius 3 is 2.35 bits per heavy atom. The van der Waals surface area contributed by atoms with E-state index in [4.69, 9.17) is 44.3 Å². The maximum Gasteiger partial charge on any atom is 0.275 e. The second kappa shape index (κ2) is 10.5. The molecule has 3 aromatic carbocycles. The zero-order valence-corrected chi connectivity index (χ0v) is 19.1. The van der Waals surface area contributed by atoms with Crippen LogP contribution in [0.4, 0.5) is 0 Å². The molecule has 0 saturated heterocycles. The molecule has 0 saturated carbocycles. The van der Waals surface area contributed by atoms with Gasteiger partial charge in [0.15, 0.2) is 5.75 Å². The molecule has 0 spiro atoms. The summed E-state index contributed by atoms with van der Waals surface area (Å²) in [6, 6.07) is 15.9. The first-order valence-corrected chi connectivity index (χ1v) is 10.3. The van der Waals surface area contributed by atoms with E-state index in [1.165, 1.54) is 13.3 Å². The number of hydrogen-bond donors (Lipinski definition) is 1. The Balaban J connectivity index is 1.66. The maximum absolute atomic E-state index is 12.4. The van der Waals surface area contributed by atoms with Crippen molar-refractivity contribution in [2.24, 2.45) is 5.10 Å². The lowest BCUT2D eigenvalue weighted by molar-refractivity contribution is 0.0952. The number of hydrazone groups is 1. The van der Waals surface area contributed by atoms with E-state index in [0.717, 1.165) is 11.1 Å². The molecule has 5 nitrogen and oxygen atoms in total. The quantitative estimate of drug-likeness (QED) is 0.320. The zero-order valence-electron chi connectivity index (χ0n) is 16.8. The second-order valence-corrected chi connectivity index (χ2v) is 7.88. The number of hydrogen-bond acceptors (Lipinski definition) is 4. The van der Waals surface area contributed by atoms with Crippen LogP contribution in [0.25, 0.3) is 0 Å². The maximum atomic E-state index is 12.4. The average Bonchev–Trinajstić information content (AvgIpc) is 2.74. The number of methoxy groups -OCH3 is 1. The summed E-state index contributed by atoms with van der Waals surface area (Å²) in [7, 11) is 1.51. The first-order chi connectivity index (χ1) is 14.9. The topological polar surface area (TPSA) is 59.9 Å². The molecule has 0 atom stereocenters. The number of ether oxygens (including phenoxy) is 2. The van der Waals surface area contributed by atoms with E-state index in [1.54, 1.807) is 36.4 Å². The van der Waals surface area contributed by atoms with Gasteiger partial charge >= 0.3 is 0 Å². The molecule has 0 unspecified atom stereocenters. The summed E-state index contributed by atoms with van der Waals surface area (Å²) in [6.07, 6.45) is 1.44. The number of rotatable bonds is 7. The van der Waals surface area contributed by atoms with Crippen LogP contribution in [0.2, 0.25) is 15.1 Å². The van der Waals surface area contributed by atoms with Crippen LogP contribution in [0.1, 0.15) is 27.0 Å². The van der Waals surface area contributed by atoms with Gasteiger partial charge in [-0.2, -0.15) is 5.10 Å². The summed E-state index contributed by atoms with van der Waals surface area (Å²) in [6.45, 7) is 2.21. The van der Waals surface area contributed by atoms with Crippen LogP contribution in [0, 0.1) is 6.92 Å².